The number of amides is 3. The summed E-state index contributed by atoms with van der Waals surface area (Å²) in [4.78, 5) is 52.5. The number of nitrogens with zero attached hydrogens (tertiary/aromatic N) is 2. The monoisotopic (exact) mass is 738 g/mol. The molecule has 10 heteroatoms. The normalized spacial score (nSPS) is 13.5. The fourth-order valence-electron chi connectivity index (χ4n) is 3.37. The number of Topliss-reactive ketones (excluding diaryl/α,β-unsaturated/α-hetero) is 1. The van der Waals surface area contributed by atoms with Crippen LogP contribution >= 0.6 is 0 Å². The third-order valence-corrected chi connectivity index (χ3v) is 5.76. The van der Waals surface area contributed by atoms with Crippen molar-refractivity contribution >= 4 is 31.3 Å². The Kier molecular flexibility index (Phi) is 82.4. The predicted octanol–water partition coefficient (Wildman–Crippen LogP) is 9.63. The van der Waals surface area contributed by atoms with Crippen molar-refractivity contribution in [1.82, 2.24) is 20.5 Å². The smallest absolute Gasteiger partial charge is 0.244 e. The number of nitrogens with two attached hydrogens (primary N) is 1. The van der Waals surface area contributed by atoms with Crippen LogP contribution in [0.4, 0.5) is 0 Å². The number of hydrogen-bond acceptors (Lipinski definition) is 7. The topological polar surface area (TPSA) is 142 Å². The molecule has 2 atom stereocenters. The van der Waals surface area contributed by atoms with Crippen molar-refractivity contribution in [3.8, 4) is 0 Å². The predicted molar refractivity (Wildman–Crippen MR) is 227 cm³/mol. The highest BCUT2D eigenvalue weighted by molar-refractivity contribution is 5.80. The van der Waals surface area contributed by atoms with Gasteiger partial charge in [0.05, 0.1) is 0 Å². The van der Waals surface area contributed by atoms with Gasteiger partial charge in [-0.1, -0.05) is 130 Å². The molecule has 1 saturated carbocycles. The molecule has 0 aromatic carbocycles. The molecule has 0 aromatic heterocycles. The summed E-state index contributed by atoms with van der Waals surface area (Å²) in [7, 11) is 1.96. The third-order valence-electron chi connectivity index (χ3n) is 5.76. The van der Waals surface area contributed by atoms with Crippen molar-refractivity contribution < 1.29 is 24.0 Å². The van der Waals surface area contributed by atoms with Gasteiger partial charge in [-0.3, -0.25) is 24.2 Å². The number of nitrogens with one attached hydrogen (secondary N) is 2. The van der Waals surface area contributed by atoms with Gasteiger partial charge in [-0.05, 0) is 72.8 Å². The van der Waals surface area contributed by atoms with Crippen molar-refractivity contribution in [2.75, 3.05) is 20.1 Å². The molecule has 1 heterocycles. The van der Waals surface area contributed by atoms with Crippen molar-refractivity contribution in [2.24, 2.45) is 17.7 Å². The molecule has 51 heavy (non-hydrogen) atoms. The van der Waals surface area contributed by atoms with Crippen LogP contribution in [0.25, 0.3) is 0 Å². The van der Waals surface area contributed by atoms with Gasteiger partial charge in [-0.2, -0.15) is 0 Å². The van der Waals surface area contributed by atoms with E-state index < -0.39 is 0 Å². The molecule has 0 spiro atoms. The molecule has 4 N–H and O–H groups in total. The lowest BCUT2D eigenvalue weighted by Gasteiger charge is -2.29. The number of carbonyl (C=O) groups is 5. The fourth-order valence-corrected chi connectivity index (χ4v) is 3.37. The first-order valence-electron chi connectivity index (χ1n) is 20.0. The first-order valence-corrected chi connectivity index (χ1v) is 20.0. The number of rotatable bonds is 9. The number of ketones is 1. The minimum absolute atomic E-state index is 0.0200. The second-order valence-corrected chi connectivity index (χ2v) is 12.2. The molecular weight excluding hydrogens is 642 g/mol. The Hall–Kier alpha value is -2.33. The lowest BCUT2D eigenvalue weighted by Crippen LogP contribution is -2.43. The van der Waals surface area contributed by atoms with Crippen LogP contribution in [0.5, 0.6) is 0 Å². The van der Waals surface area contributed by atoms with E-state index >= 15 is 0 Å². The summed E-state index contributed by atoms with van der Waals surface area (Å²) < 4.78 is 0. The van der Waals surface area contributed by atoms with Crippen LogP contribution in [0.1, 0.15) is 190 Å². The van der Waals surface area contributed by atoms with Crippen LogP contribution < -0.4 is 16.5 Å². The number of likely N-dealkylation sites (tertiary alicyclic amines) is 1. The van der Waals surface area contributed by atoms with E-state index in [4.69, 9.17) is 10.6 Å². The van der Waals surface area contributed by atoms with E-state index in [-0.39, 0.29) is 30.3 Å². The second-order valence-electron chi connectivity index (χ2n) is 12.2. The molecule has 314 valence electrons. The maximum atomic E-state index is 11.5. The van der Waals surface area contributed by atoms with Crippen molar-refractivity contribution in [1.29, 1.82) is 0 Å². The highest BCUT2D eigenvalue weighted by atomic mass is 16.2. The molecule has 1 unspecified atom stereocenters. The van der Waals surface area contributed by atoms with E-state index in [2.05, 4.69) is 66.0 Å². The highest BCUT2D eigenvalue weighted by Crippen LogP contribution is 2.30. The van der Waals surface area contributed by atoms with E-state index in [0.717, 1.165) is 42.7 Å². The van der Waals surface area contributed by atoms with Gasteiger partial charge in [0.15, 0.2) is 0 Å². The minimum atomic E-state index is -0.0698. The van der Waals surface area contributed by atoms with Crippen molar-refractivity contribution in [3.05, 3.63) is 0 Å². The minimum Gasteiger partial charge on any atom is -0.355 e. The fraction of sp³-hybridized carbons (Fsp3) is 0.878. The molecule has 3 amide bonds. The highest BCUT2D eigenvalue weighted by Gasteiger charge is 2.25. The largest absolute Gasteiger partial charge is 0.355 e. The molecule has 0 bridgehead atoms. The third kappa shape index (κ3) is 70.1. The van der Waals surface area contributed by atoms with E-state index in [1.54, 1.807) is 11.8 Å². The van der Waals surface area contributed by atoms with E-state index in [1.165, 1.54) is 25.7 Å². The zero-order valence-corrected chi connectivity index (χ0v) is 38.3. The summed E-state index contributed by atoms with van der Waals surface area (Å²) >= 11 is 0. The maximum absolute atomic E-state index is 11.5. The van der Waals surface area contributed by atoms with Gasteiger partial charge >= 0.3 is 0 Å². The van der Waals surface area contributed by atoms with Gasteiger partial charge in [0, 0.05) is 30.6 Å². The molecule has 0 aromatic rings. The van der Waals surface area contributed by atoms with E-state index in [0.29, 0.717) is 24.8 Å². The molecule has 2 rings (SSSR count). The first kappa shape index (κ1) is 70.3. The van der Waals surface area contributed by atoms with Crippen LogP contribution in [-0.2, 0) is 24.0 Å². The molecular formula is C41H95N5O5. The Balaban J connectivity index is -0.0000000614. The maximum Gasteiger partial charge on any atom is 0.244 e. The number of hydrazine groups is 1. The van der Waals surface area contributed by atoms with Crippen molar-refractivity contribution in [2.45, 2.75) is 207 Å². The summed E-state index contributed by atoms with van der Waals surface area (Å²) in [5, 5.41) is 6.68. The molecule has 0 radical (unpaired) electrons. The SMILES string of the molecule is C=O.CC.CC.CC.CC.CC.CC(=O)CC(CC1CCC1)NC=O.CC(C)C.CCC.CNC(C)(C)C.C[C@@H]1CCCN1C(=O)CN(N)C=O. The molecule has 2 fully saturated rings. The van der Waals surface area contributed by atoms with Crippen LogP contribution in [0.2, 0.25) is 0 Å². The average Bonchev–Trinajstić information content (AvgIpc) is 3.54. The van der Waals surface area contributed by atoms with Gasteiger partial charge < -0.3 is 20.3 Å². The van der Waals surface area contributed by atoms with Gasteiger partial charge in [-0.25, -0.2) is 5.84 Å². The van der Waals surface area contributed by atoms with Crippen LogP contribution in [0.3, 0.4) is 0 Å². The molecule has 2 aliphatic rings. The molecule has 1 saturated heterocycles. The Morgan fingerprint density at radius 1 is 0.882 bits per heavy atom. The zero-order valence-electron chi connectivity index (χ0n) is 38.3. The van der Waals surface area contributed by atoms with Gasteiger partial charge in [0.2, 0.25) is 18.7 Å². The number of hydrogen-bond donors (Lipinski definition) is 3. The zero-order chi connectivity index (χ0) is 43.0. The second kappa shape index (κ2) is 59.8. The Labute approximate surface area is 320 Å². The Morgan fingerprint density at radius 3 is 1.47 bits per heavy atom. The molecule has 10 nitrogen and oxygen atoms in total. The van der Waals surface area contributed by atoms with Crippen LogP contribution in [0, 0.1) is 11.8 Å². The summed E-state index contributed by atoms with van der Waals surface area (Å²) in [6, 6.07) is 0.354. The number of carbonyl (C=O) groups excluding carboxylic acids is 5. The Morgan fingerprint density at radius 2 is 1.25 bits per heavy atom. The van der Waals surface area contributed by atoms with Crippen molar-refractivity contribution in [3.63, 3.8) is 0 Å². The van der Waals surface area contributed by atoms with Gasteiger partial charge in [0.25, 0.3) is 0 Å². The van der Waals surface area contributed by atoms with E-state index in [9.17, 15) is 19.2 Å². The molecule has 1 aliphatic carbocycles. The average molecular weight is 738 g/mol. The summed E-state index contributed by atoms with van der Waals surface area (Å²) in [6.07, 6.45) is 9.76. The van der Waals surface area contributed by atoms with Gasteiger partial charge in [-0.15, -0.1) is 0 Å². The lowest BCUT2D eigenvalue weighted by molar-refractivity contribution is -0.136. The van der Waals surface area contributed by atoms with E-state index in [1.807, 2.05) is 90.0 Å². The summed E-state index contributed by atoms with van der Waals surface area (Å²) in [5.74, 6) is 6.85. The quantitative estimate of drug-likeness (QED) is 0.0926. The summed E-state index contributed by atoms with van der Waals surface area (Å²) in [6.45, 7) is 43.5. The summed E-state index contributed by atoms with van der Waals surface area (Å²) in [5.41, 5.74) is 0.292. The lowest BCUT2D eigenvalue weighted by atomic mass is 9.80. The van der Waals surface area contributed by atoms with Crippen LogP contribution in [-0.4, -0.2) is 79.0 Å². The Bertz CT molecular complexity index is 652. The standard InChI is InChI=1S/C10H17NO2.C8H15N3O2.C5H13N.C4H10.C3H8.5C2H6.CH2O/c1-8(13)5-10(11-7-12)6-9-3-2-4-9;1-7-3-2-4-11(7)8(13)5-10(9)6-12;1-5(2,3)6-4;1-4(2)3;1-3-2;6*1-2/h7,9-10H,2-6H2,1H3,(H,11,12);6-7H,2-5,9H2,1H3;6H,1-4H3;4H,1-3H3;3H2,1-2H3;5*1-2H3;1H2/t;7-;;;;;;;;;/m.1........./s1. The first-order chi connectivity index (χ1) is 24.1. The van der Waals surface area contributed by atoms with Crippen LogP contribution in [0.15, 0.2) is 0 Å². The van der Waals surface area contributed by atoms with Gasteiger partial charge in [0.1, 0.15) is 19.1 Å². The molecule has 1 aliphatic heterocycles.